The predicted octanol–water partition coefficient (Wildman–Crippen LogP) is 4.01. The summed E-state index contributed by atoms with van der Waals surface area (Å²) in [6.07, 6.45) is 1.81. The summed E-state index contributed by atoms with van der Waals surface area (Å²) in [6, 6.07) is 19.5. The Kier molecular flexibility index (Phi) is 8.49. The molecule has 0 bridgehead atoms. The van der Waals surface area contributed by atoms with Gasteiger partial charge in [-0.15, -0.1) is 0 Å². The van der Waals surface area contributed by atoms with E-state index >= 15 is 0 Å². The van der Waals surface area contributed by atoms with E-state index in [-0.39, 0.29) is 19.5 Å². The predicted molar refractivity (Wildman–Crippen MR) is 148 cm³/mol. The van der Waals surface area contributed by atoms with Gasteiger partial charge >= 0.3 is 5.97 Å². The topological polar surface area (TPSA) is 90.0 Å². The van der Waals surface area contributed by atoms with Crippen molar-refractivity contribution in [1.82, 2.24) is 9.03 Å². The third-order valence-electron chi connectivity index (χ3n) is 6.68. The number of nitrogens with one attached hydrogen (secondary N) is 1. The fourth-order valence-electron chi connectivity index (χ4n) is 4.59. The Balaban J connectivity index is 1.38. The summed E-state index contributed by atoms with van der Waals surface area (Å²) in [5.74, 6) is 5.36. The second kappa shape index (κ2) is 11.8. The third kappa shape index (κ3) is 6.50. The van der Waals surface area contributed by atoms with Crippen molar-refractivity contribution >= 4 is 32.6 Å². The number of aliphatic carboxylic acids is 1. The number of fused-ring (bicyclic) bond motifs is 1. The van der Waals surface area contributed by atoms with Crippen LogP contribution in [0.15, 0.2) is 60.7 Å². The van der Waals surface area contributed by atoms with Crippen LogP contribution in [0.5, 0.6) is 0 Å². The lowest BCUT2D eigenvalue weighted by Gasteiger charge is -2.35. The Morgan fingerprint density at radius 3 is 2.30 bits per heavy atom. The van der Waals surface area contributed by atoms with E-state index in [0.29, 0.717) is 19.5 Å². The van der Waals surface area contributed by atoms with Crippen LogP contribution in [-0.2, 0) is 21.4 Å². The molecule has 0 aliphatic carbocycles. The molecule has 1 fully saturated rings. The minimum atomic E-state index is -3.86. The van der Waals surface area contributed by atoms with Gasteiger partial charge in [-0.25, -0.2) is 0 Å². The van der Waals surface area contributed by atoms with Crippen LogP contribution in [-0.4, -0.2) is 56.0 Å². The zero-order chi connectivity index (χ0) is 26.4. The molecule has 1 heterocycles. The van der Waals surface area contributed by atoms with E-state index in [0.717, 1.165) is 23.2 Å². The first-order valence-electron chi connectivity index (χ1n) is 12.7. The maximum atomic E-state index is 12.7. The van der Waals surface area contributed by atoms with Crippen LogP contribution < -0.4 is 9.62 Å². The number of anilines is 1. The highest BCUT2D eigenvalue weighted by atomic mass is 32.2. The van der Waals surface area contributed by atoms with Gasteiger partial charge in [0, 0.05) is 43.0 Å². The van der Waals surface area contributed by atoms with Crippen LogP contribution in [0.4, 0.5) is 5.69 Å². The van der Waals surface area contributed by atoms with Gasteiger partial charge < -0.3 is 10.0 Å². The average Bonchev–Trinajstić information content (AvgIpc) is 2.91. The van der Waals surface area contributed by atoms with E-state index in [4.69, 9.17) is 0 Å². The van der Waals surface area contributed by atoms with Gasteiger partial charge in [0.25, 0.3) is 10.2 Å². The molecule has 37 heavy (non-hydrogen) atoms. The van der Waals surface area contributed by atoms with Gasteiger partial charge in [0.1, 0.15) is 6.04 Å². The van der Waals surface area contributed by atoms with E-state index in [9.17, 15) is 18.3 Å². The molecular weight excluding hydrogens is 486 g/mol. The molecule has 0 unspecified atom stereocenters. The molecule has 1 aliphatic heterocycles. The summed E-state index contributed by atoms with van der Waals surface area (Å²) in [5.41, 5.74) is 4.21. The van der Waals surface area contributed by atoms with Crippen LogP contribution in [0.3, 0.4) is 0 Å². The molecular formula is C29H33N3O4S. The summed E-state index contributed by atoms with van der Waals surface area (Å²) >= 11 is 0. The van der Waals surface area contributed by atoms with Crippen LogP contribution in [0, 0.1) is 11.8 Å². The molecule has 0 saturated carbocycles. The molecule has 0 radical (unpaired) electrons. The van der Waals surface area contributed by atoms with Crippen LogP contribution in [0.1, 0.15) is 43.4 Å². The highest BCUT2D eigenvalue weighted by molar-refractivity contribution is 7.87. The highest BCUT2D eigenvalue weighted by Gasteiger charge is 2.31. The molecule has 7 nitrogen and oxygen atoms in total. The number of carbonyl (C=O) groups is 1. The van der Waals surface area contributed by atoms with Crippen molar-refractivity contribution in [2.75, 3.05) is 31.1 Å². The van der Waals surface area contributed by atoms with Gasteiger partial charge in [-0.05, 0) is 65.6 Å². The van der Waals surface area contributed by atoms with Crippen molar-refractivity contribution in [2.45, 2.75) is 39.2 Å². The normalized spacial score (nSPS) is 15.2. The zero-order valence-corrected chi connectivity index (χ0v) is 22.1. The SMILES string of the molecule is CCC[C@H](NS(=O)(=O)N1CCN(c2ccc(C#Cc3ccc4cccc(CC)c4c3)cc2)CC1)C(=O)O. The molecule has 3 aromatic rings. The molecule has 0 spiro atoms. The van der Waals surface area contributed by atoms with Crippen molar-refractivity contribution in [2.24, 2.45) is 0 Å². The Bertz CT molecular complexity index is 1420. The summed E-state index contributed by atoms with van der Waals surface area (Å²) in [5, 5.41) is 11.7. The third-order valence-corrected chi connectivity index (χ3v) is 8.31. The van der Waals surface area contributed by atoms with Gasteiger partial charge in [-0.1, -0.05) is 56.4 Å². The number of carboxylic acids is 1. The van der Waals surface area contributed by atoms with Gasteiger partial charge in [-0.2, -0.15) is 17.4 Å². The maximum Gasteiger partial charge on any atom is 0.321 e. The zero-order valence-electron chi connectivity index (χ0n) is 21.3. The summed E-state index contributed by atoms with van der Waals surface area (Å²) in [4.78, 5) is 13.5. The second-order valence-corrected chi connectivity index (χ2v) is 10.9. The van der Waals surface area contributed by atoms with Crippen molar-refractivity contribution < 1.29 is 18.3 Å². The van der Waals surface area contributed by atoms with Gasteiger partial charge in [-0.3, -0.25) is 4.79 Å². The fourth-order valence-corrected chi connectivity index (χ4v) is 5.96. The van der Waals surface area contributed by atoms with Crippen molar-refractivity contribution in [3.63, 3.8) is 0 Å². The van der Waals surface area contributed by atoms with E-state index in [1.807, 2.05) is 37.3 Å². The Labute approximate surface area is 219 Å². The van der Waals surface area contributed by atoms with Gasteiger partial charge in [0.15, 0.2) is 0 Å². The highest BCUT2D eigenvalue weighted by Crippen LogP contribution is 2.21. The number of rotatable bonds is 8. The molecule has 1 saturated heterocycles. The first-order valence-corrected chi connectivity index (χ1v) is 14.1. The molecule has 4 rings (SSSR count). The fraction of sp³-hybridized carbons (Fsp3) is 0.345. The summed E-state index contributed by atoms with van der Waals surface area (Å²) in [7, 11) is -3.86. The van der Waals surface area contributed by atoms with Gasteiger partial charge in [0.2, 0.25) is 0 Å². The smallest absolute Gasteiger partial charge is 0.321 e. The Morgan fingerprint density at radius 2 is 1.65 bits per heavy atom. The minimum Gasteiger partial charge on any atom is -0.480 e. The molecule has 0 aromatic heterocycles. The van der Waals surface area contributed by atoms with Crippen molar-refractivity contribution in [1.29, 1.82) is 0 Å². The number of nitrogens with zero attached hydrogens (tertiary/aromatic N) is 2. The van der Waals surface area contributed by atoms with E-state index < -0.39 is 22.2 Å². The Morgan fingerprint density at radius 1 is 0.973 bits per heavy atom. The first kappa shape index (κ1) is 26.7. The monoisotopic (exact) mass is 519 g/mol. The van der Waals surface area contributed by atoms with Gasteiger partial charge in [0.05, 0.1) is 0 Å². The quantitative estimate of drug-likeness (QED) is 0.439. The average molecular weight is 520 g/mol. The van der Waals surface area contributed by atoms with Crippen molar-refractivity contribution in [3.8, 4) is 11.8 Å². The first-order chi connectivity index (χ1) is 17.8. The van der Waals surface area contributed by atoms with Crippen molar-refractivity contribution in [3.05, 3.63) is 77.4 Å². The number of hydrogen-bond acceptors (Lipinski definition) is 4. The number of benzene rings is 3. The van der Waals surface area contributed by atoms with E-state index in [2.05, 4.69) is 58.7 Å². The lowest BCUT2D eigenvalue weighted by atomic mass is 10.0. The molecule has 1 atom stereocenters. The number of carboxylic acid groups (broad SMARTS) is 1. The molecule has 194 valence electrons. The molecule has 0 amide bonds. The van der Waals surface area contributed by atoms with Crippen LogP contribution >= 0.6 is 0 Å². The Hall–Kier alpha value is -3.38. The molecule has 2 N–H and O–H groups in total. The number of piperazine rings is 1. The largest absolute Gasteiger partial charge is 0.480 e. The molecule has 8 heteroatoms. The molecule has 1 aliphatic rings. The lowest BCUT2D eigenvalue weighted by Crippen LogP contribution is -2.54. The standard InChI is InChI=1S/C29H33N3O4S/c1-3-6-28(29(33)34)30-37(35,36)32-19-17-31(18-20-32)26-15-12-22(13-16-26)9-10-23-11-14-25-8-5-7-24(4-2)27(25)21-23/h5,7-8,11-16,21,28,30H,3-4,6,17-20H2,1-2H3,(H,33,34)/t28-/m0/s1. The number of aryl methyl sites for hydroxylation is 1. The maximum absolute atomic E-state index is 12.7. The molecule has 3 aromatic carbocycles. The van der Waals surface area contributed by atoms with E-state index in [1.165, 1.54) is 20.6 Å². The number of hydrogen-bond donors (Lipinski definition) is 2. The summed E-state index contributed by atoms with van der Waals surface area (Å²) in [6.45, 7) is 5.61. The van der Waals surface area contributed by atoms with E-state index in [1.54, 1.807) is 0 Å². The lowest BCUT2D eigenvalue weighted by molar-refractivity contribution is -0.139. The summed E-state index contributed by atoms with van der Waals surface area (Å²) < 4.78 is 29.0. The second-order valence-electron chi connectivity index (χ2n) is 9.19. The van der Waals surface area contributed by atoms with Crippen LogP contribution in [0.2, 0.25) is 0 Å². The minimum absolute atomic E-state index is 0.254. The van der Waals surface area contributed by atoms with Crippen LogP contribution in [0.25, 0.3) is 10.8 Å².